The molecule has 0 bridgehead atoms. The summed E-state index contributed by atoms with van der Waals surface area (Å²) in [6, 6.07) is 3.50. The molecule has 0 spiro atoms. The van der Waals surface area contributed by atoms with Crippen LogP contribution in [0.25, 0.3) is 0 Å². The highest BCUT2D eigenvalue weighted by Gasteiger charge is 2.26. The molecule has 0 aliphatic rings. The second-order valence-electron chi connectivity index (χ2n) is 6.07. The van der Waals surface area contributed by atoms with E-state index in [1.54, 1.807) is 13.8 Å². The minimum absolute atomic E-state index is 0.00734. The third-order valence-corrected chi connectivity index (χ3v) is 4.34. The van der Waals surface area contributed by atoms with Crippen molar-refractivity contribution < 1.29 is 18.4 Å². The minimum atomic E-state index is -2.76. The van der Waals surface area contributed by atoms with Crippen LogP contribution < -0.4 is 10.6 Å². The van der Waals surface area contributed by atoms with E-state index in [-0.39, 0.29) is 28.9 Å². The molecule has 2 amide bonds. The van der Waals surface area contributed by atoms with Crippen LogP contribution >= 0.6 is 23.2 Å². The first kappa shape index (κ1) is 21.1. The lowest BCUT2D eigenvalue weighted by atomic mass is 10.0. The van der Waals surface area contributed by atoms with Crippen LogP contribution in [0.3, 0.4) is 0 Å². The lowest BCUT2D eigenvalue weighted by molar-refractivity contribution is -0.124. The zero-order valence-corrected chi connectivity index (χ0v) is 16.1. The summed E-state index contributed by atoms with van der Waals surface area (Å²) in [6.07, 6.45) is 2.34. The fraction of sp³-hybridized carbons (Fsp3) is 0.353. The standard InChI is InChI=1S/C17H18Cl2F2N4O2/c1-9(2)14(24-15(26)11-4-3-10(18)7-12(11)19)16(27)23-8-13-22-5-6-25(13)17(20)21/h3-7,9,14,17H,8H2,1-2H3,(H,23,27)(H,24,26). The maximum Gasteiger partial charge on any atom is 0.319 e. The molecule has 1 aromatic carbocycles. The van der Waals surface area contributed by atoms with Gasteiger partial charge >= 0.3 is 6.55 Å². The maximum absolute atomic E-state index is 12.8. The van der Waals surface area contributed by atoms with E-state index in [4.69, 9.17) is 23.2 Å². The maximum atomic E-state index is 12.8. The fourth-order valence-electron chi connectivity index (χ4n) is 2.36. The zero-order valence-electron chi connectivity index (χ0n) is 14.5. The molecule has 1 atom stereocenters. The Bertz CT molecular complexity index is 827. The number of nitrogens with zero attached hydrogens (tertiary/aromatic N) is 2. The largest absolute Gasteiger partial charge is 0.347 e. The average Bonchev–Trinajstić information content (AvgIpc) is 3.05. The van der Waals surface area contributed by atoms with Crippen molar-refractivity contribution in [3.8, 4) is 0 Å². The second-order valence-corrected chi connectivity index (χ2v) is 6.91. The Hall–Kier alpha value is -2.19. The molecule has 146 valence electrons. The SMILES string of the molecule is CC(C)C(NC(=O)c1ccc(Cl)cc1Cl)C(=O)NCc1nccn1C(F)F. The molecule has 10 heteroatoms. The first-order chi connectivity index (χ1) is 12.7. The highest BCUT2D eigenvalue weighted by molar-refractivity contribution is 6.36. The van der Waals surface area contributed by atoms with E-state index in [0.29, 0.717) is 9.59 Å². The second kappa shape index (κ2) is 9.14. The third kappa shape index (κ3) is 5.40. The number of nitrogens with one attached hydrogen (secondary N) is 2. The number of imidazole rings is 1. The molecule has 1 heterocycles. The number of carbonyl (C=O) groups excluding carboxylic acids is 2. The molecule has 0 radical (unpaired) electrons. The van der Waals surface area contributed by atoms with E-state index in [2.05, 4.69) is 15.6 Å². The van der Waals surface area contributed by atoms with Gasteiger partial charge in [-0.3, -0.25) is 14.2 Å². The molecule has 1 aromatic heterocycles. The van der Waals surface area contributed by atoms with Gasteiger partial charge in [-0.25, -0.2) is 4.98 Å². The number of halogens is 4. The topological polar surface area (TPSA) is 76.0 Å². The third-order valence-electron chi connectivity index (χ3n) is 3.79. The van der Waals surface area contributed by atoms with Crippen molar-refractivity contribution in [1.29, 1.82) is 0 Å². The smallest absolute Gasteiger partial charge is 0.319 e. The lowest BCUT2D eigenvalue weighted by Crippen LogP contribution is -2.49. The molecule has 27 heavy (non-hydrogen) atoms. The van der Waals surface area contributed by atoms with E-state index in [1.807, 2.05) is 0 Å². The van der Waals surface area contributed by atoms with Crippen molar-refractivity contribution in [3.63, 3.8) is 0 Å². The summed E-state index contributed by atoms with van der Waals surface area (Å²) in [5, 5.41) is 5.66. The monoisotopic (exact) mass is 418 g/mol. The van der Waals surface area contributed by atoms with Gasteiger partial charge in [-0.05, 0) is 24.1 Å². The quantitative estimate of drug-likeness (QED) is 0.720. The van der Waals surface area contributed by atoms with Crippen molar-refractivity contribution in [2.24, 2.45) is 5.92 Å². The summed E-state index contributed by atoms with van der Waals surface area (Å²) in [6.45, 7) is 0.533. The normalized spacial score (nSPS) is 12.3. The van der Waals surface area contributed by atoms with Crippen LogP contribution in [0.5, 0.6) is 0 Å². The summed E-state index contributed by atoms with van der Waals surface area (Å²) in [7, 11) is 0. The van der Waals surface area contributed by atoms with Gasteiger partial charge in [0.15, 0.2) is 0 Å². The summed E-state index contributed by atoms with van der Waals surface area (Å²) >= 11 is 11.8. The number of amides is 2. The van der Waals surface area contributed by atoms with Gasteiger partial charge in [0.25, 0.3) is 5.91 Å². The number of hydrogen-bond acceptors (Lipinski definition) is 3. The number of benzene rings is 1. The molecule has 1 unspecified atom stereocenters. The van der Waals surface area contributed by atoms with E-state index >= 15 is 0 Å². The van der Waals surface area contributed by atoms with Crippen LogP contribution in [0.15, 0.2) is 30.6 Å². The number of aromatic nitrogens is 2. The number of hydrogen-bond donors (Lipinski definition) is 2. The summed E-state index contributed by atoms with van der Waals surface area (Å²) in [5.41, 5.74) is 0.174. The predicted molar refractivity (Wildman–Crippen MR) is 97.9 cm³/mol. The van der Waals surface area contributed by atoms with Gasteiger partial charge < -0.3 is 10.6 Å². The minimum Gasteiger partial charge on any atom is -0.347 e. The van der Waals surface area contributed by atoms with Crippen LogP contribution in [0.2, 0.25) is 10.0 Å². The molecule has 0 aliphatic carbocycles. The fourth-order valence-corrected chi connectivity index (χ4v) is 2.86. The van der Waals surface area contributed by atoms with Gasteiger partial charge in [-0.1, -0.05) is 37.0 Å². The van der Waals surface area contributed by atoms with Crippen LogP contribution in [0, 0.1) is 5.92 Å². The molecule has 0 saturated carbocycles. The van der Waals surface area contributed by atoms with Crippen LogP contribution in [-0.4, -0.2) is 27.4 Å². The molecule has 0 fully saturated rings. The predicted octanol–water partition coefficient (Wildman–Crippen LogP) is 3.66. The molecule has 6 nitrogen and oxygen atoms in total. The molecular weight excluding hydrogens is 401 g/mol. The highest BCUT2D eigenvalue weighted by Crippen LogP contribution is 2.21. The number of alkyl halides is 2. The Kier molecular flexibility index (Phi) is 7.15. The molecule has 2 rings (SSSR count). The van der Waals surface area contributed by atoms with Crippen molar-refractivity contribution in [2.45, 2.75) is 33.0 Å². The van der Waals surface area contributed by atoms with Gasteiger partial charge in [0.2, 0.25) is 5.91 Å². The summed E-state index contributed by atoms with van der Waals surface area (Å²) in [5.74, 6) is -1.31. The van der Waals surface area contributed by atoms with Gasteiger partial charge in [0.1, 0.15) is 11.9 Å². The average molecular weight is 419 g/mol. The van der Waals surface area contributed by atoms with E-state index in [0.717, 1.165) is 6.20 Å². The Morgan fingerprint density at radius 1 is 1.26 bits per heavy atom. The lowest BCUT2D eigenvalue weighted by Gasteiger charge is -2.22. The number of rotatable bonds is 7. The summed E-state index contributed by atoms with van der Waals surface area (Å²) < 4.78 is 26.3. The molecule has 0 aliphatic heterocycles. The van der Waals surface area contributed by atoms with Crippen molar-refractivity contribution in [2.75, 3.05) is 0 Å². The van der Waals surface area contributed by atoms with E-state index < -0.39 is 24.4 Å². The van der Waals surface area contributed by atoms with E-state index in [1.165, 1.54) is 24.4 Å². The van der Waals surface area contributed by atoms with Crippen molar-refractivity contribution in [1.82, 2.24) is 20.2 Å². The Morgan fingerprint density at radius 2 is 1.96 bits per heavy atom. The molecule has 2 N–H and O–H groups in total. The van der Waals surface area contributed by atoms with Crippen LogP contribution in [0.4, 0.5) is 8.78 Å². The highest BCUT2D eigenvalue weighted by atomic mass is 35.5. The number of carbonyl (C=O) groups is 2. The summed E-state index contributed by atoms with van der Waals surface area (Å²) in [4.78, 5) is 28.7. The zero-order chi connectivity index (χ0) is 20.1. The Morgan fingerprint density at radius 3 is 2.56 bits per heavy atom. The molecule has 2 aromatic rings. The molecular formula is C17H18Cl2F2N4O2. The molecule has 0 saturated heterocycles. The Balaban J connectivity index is 2.06. The van der Waals surface area contributed by atoms with Crippen molar-refractivity contribution in [3.05, 3.63) is 52.0 Å². The van der Waals surface area contributed by atoms with Gasteiger partial charge in [0, 0.05) is 17.4 Å². The van der Waals surface area contributed by atoms with Gasteiger partial charge in [0.05, 0.1) is 17.1 Å². The van der Waals surface area contributed by atoms with Crippen LogP contribution in [-0.2, 0) is 11.3 Å². The van der Waals surface area contributed by atoms with Crippen molar-refractivity contribution >= 4 is 35.0 Å². The van der Waals surface area contributed by atoms with E-state index in [9.17, 15) is 18.4 Å². The van der Waals surface area contributed by atoms with Gasteiger partial charge in [-0.2, -0.15) is 8.78 Å². The first-order valence-electron chi connectivity index (χ1n) is 8.04. The first-order valence-corrected chi connectivity index (χ1v) is 8.79. The van der Waals surface area contributed by atoms with Gasteiger partial charge in [-0.15, -0.1) is 0 Å². The van der Waals surface area contributed by atoms with Crippen LogP contribution in [0.1, 0.15) is 36.6 Å². The Labute approximate surface area is 164 Å².